The number of hydrogen-bond acceptors (Lipinski definition) is 4. The number of fused-ring (bicyclic) bond motifs is 1. The third-order valence-corrected chi connectivity index (χ3v) is 4.54. The number of hydrogen-bond donors (Lipinski definition) is 0. The van der Waals surface area contributed by atoms with E-state index in [9.17, 15) is 0 Å². The fourth-order valence-corrected chi connectivity index (χ4v) is 3.07. The summed E-state index contributed by atoms with van der Waals surface area (Å²) in [4.78, 5) is 13.7. The second kappa shape index (κ2) is 5.48. The smallest absolute Gasteiger partial charge is 0.165 e. The van der Waals surface area contributed by atoms with E-state index in [1.165, 1.54) is 12.8 Å². The van der Waals surface area contributed by atoms with Gasteiger partial charge in [0, 0.05) is 35.0 Å². The molecule has 0 saturated heterocycles. The van der Waals surface area contributed by atoms with Gasteiger partial charge in [-0.05, 0) is 44.0 Å². The first-order valence-corrected chi connectivity index (χ1v) is 8.53. The molecule has 5 heteroatoms. The van der Waals surface area contributed by atoms with Gasteiger partial charge in [-0.3, -0.25) is 9.97 Å². The van der Waals surface area contributed by atoms with Crippen molar-refractivity contribution in [2.45, 2.75) is 25.7 Å². The molecule has 0 amide bonds. The molecule has 0 N–H and O–H groups in total. The first kappa shape index (κ1) is 14.3. The van der Waals surface area contributed by atoms with Crippen molar-refractivity contribution in [2.24, 2.45) is 0 Å². The van der Waals surface area contributed by atoms with Crippen molar-refractivity contribution in [3.63, 3.8) is 0 Å². The molecule has 0 aliphatic heterocycles. The first-order chi connectivity index (χ1) is 12.3. The van der Waals surface area contributed by atoms with E-state index < -0.39 is 0 Å². The molecule has 3 heterocycles. The number of aryl methyl sites for hydroxylation is 1. The number of rotatable bonds is 3. The van der Waals surface area contributed by atoms with E-state index in [1.807, 2.05) is 54.3 Å². The Hall–Kier alpha value is -3.08. The molecule has 1 aliphatic carbocycles. The zero-order valence-electron chi connectivity index (χ0n) is 13.9. The molecule has 1 aromatic carbocycles. The minimum atomic E-state index is 0.497. The fraction of sp³-hybridized carbons (Fsp3) is 0.200. The van der Waals surface area contributed by atoms with Crippen molar-refractivity contribution < 1.29 is 0 Å². The van der Waals surface area contributed by atoms with Crippen LogP contribution in [0.3, 0.4) is 0 Å². The van der Waals surface area contributed by atoms with E-state index >= 15 is 0 Å². The molecule has 3 aromatic heterocycles. The van der Waals surface area contributed by atoms with E-state index in [1.54, 1.807) is 0 Å². The van der Waals surface area contributed by atoms with Gasteiger partial charge in [-0.15, -0.1) is 0 Å². The maximum atomic E-state index is 4.85. The van der Waals surface area contributed by atoms with Crippen molar-refractivity contribution in [3.05, 3.63) is 66.4 Å². The highest BCUT2D eigenvalue weighted by molar-refractivity contribution is 5.82. The molecule has 0 radical (unpaired) electrons. The van der Waals surface area contributed by atoms with Gasteiger partial charge in [0.1, 0.15) is 0 Å². The summed E-state index contributed by atoms with van der Waals surface area (Å²) in [6.07, 6.45) is 6.04. The van der Waals surface area contributed by atoms with Gasteiger partial charge in [0.2, 0.25) is 0 Å². The van der Waals surface area contributed by atoms with Crippen molar-refractivity contribution >= 4 is 10.9 Å². The average Bonchev–Trinajstić information content (AvgIpc) is 3.40. The van der Waals surface area contributed by atoms with Gasteiger partial charge in [0.25, 0.3) is 0 Å². The van der Waals surface area contributed by atoms with Crippen molar-refractivity contribution in [1.29, 1.82) is 0 Å². The van der Waals surface area contributed by atoms with Gasteiger partial charge in [-0.25, -0.2) is 9.67 Å². The fourth-order valence-electron chi connectivity index (χ4n) is 3.07. The molecule has 5 rings (SSSR count). The molecule has 25 heavy (non-hydrogen) atoms. The van der Waals surface area contributed by atoms with Crippen LogP contribution in [-0.2, 0) is 0 Å². The lowest BCUT2D eigenvalue weighted by molar-refractivity contribution is 0.835. The van der Waals surface area contributed by atoms with Crippen molar-refractivity contribution in [3.8, 4) is 17.1 Å². The van der Waals surface area contributed by atoms with Crippen LogP contribution in [0.1, 0.15) is 30.3 Å². The number of para-hydroxylation sites is 1. The monoisotopic (exact) mass is 327 g/mol. The molecule has 122 valence electrons. The molecule has 0 bridgehead atoms. The summed E-state index contributed by atoms with van der Waals surface area (Å²) in [7, 11) is 0. The molecule has 1 saturated carbocycles. The molecule has 0 unspecified atom stereocenters. The number of benzene rings is 1. The Morgan fingerprint density at radius 1 is 1.04 bits per heavy atom. The van der Waals surface area contributed by atoms with Crippen LogP contribution < -0.4 is 0 Å². The van der Waals surface area contributed by atoms with Crippen LogP contribution >= 0.6 is 0 Å². The zero-order chi connectivity index (χ0) is 16.8. The minimum Gasteiger partial charge on any atom is -0.261 e. The summed E-state index contributed by atoms with van der Waals surface area (Å²) < 4.78 is 1.92. The predicted octanol–water partition coefficient (Wildman–Crippen LogP) is 4.06. The Labute approximate surface area is 145 Å². The molecule has 5 nitrogen and oxygen atoms in total. The lowest BCUT2D eigenvalue weighted by Gasteiger charge is -2.07. The third-order valence-electron chi connectivity index (χ3n) is 4.54. The van der Waals surface area contributed by atoms with Crippen LogP contribution in [0.4, 0.5) is 0 Å². The molecule has 4 aromatic rings. The maximum Gasteiger partial charge on any atom is 0.165 e. The largest absolute Gasteiger partial charge is 0.261 e. The Morgan fingerprint density at radius 2 is 1.92 bits per heavy atom. The van der Waals surface area contributed by atoms with Gasteiger partial charge >= 0.3 is 0 Å². The van der Waals surface area contributed by atoms with Gasteiger partial charge in [0.15, 0.2) is 11.6 Å². The van der Waals surface area contributed by atoms with Gasteiger partial charge in [-0.2, -0.15) is 5.10 Å². The molecule has 0 spiro atoms. The summed E-state index contributed by atoms with van der Waals surface area (Å²) in [5.74, 6) is 2.26. The summed E-state index contributed by atoms with van der Waals surface area (Å²) >= 11 is 0. The Kier molecular flexibility index (Phi) is 3.13. The van der Waals surface area contributed by atoms with Gasteiger partial charge in [0.05, 0.1) is 11.2 Å². The topological polar surface area (TPSA) is 56.5 Å². The number of nitrogens with zero attached hydrogens (tertiary/aromatic N) is 5. The Bertz CT molecular complexity index is 1080. The second-order valence-corrected chi connectivity index (χ2v) is 6.55. The van der Waals surface area contributed by atoms with E-state index in [-0.39, 0.29) is 0 Å². The highest BCUT2D eigenvalue weighted by atomic mass is 15.4. The molecule has 1 aliphatic rings. The van der Waals surface area contributed by atoms with Crippen LogP contribution in [0.15, 0.2) is 54.9 Å². The summed E-state index contributed by atoms with van der Waals surface area (Å²) in [6, 6.07) is 14.3. The normalized spacial score (nSPS) is 14.1. The summed E-state index contributed by atoms with van der Waals surface area (Å²) in [6.45, 7) is 1.99. The maximum absolute atomic E-state index is 4.85. The van der Waals surface area contributed by atoms with Crippen LogP contribution in [0.25, 0.3) is 28.0 Å². The lowest BCUT2D eigenvalue weighted by Crippen LogP contribution is -2.01. The minimum absolute atomic E-state index is 0.497. The molecule has 0 atom stereocenters. The van der Waals surface area contributed by atoms with Crippen LogP contribution in [0.5, 0.6) is 0 Å². The van der Waals surface area contributed by atoms with E-state index in [0.29, 0.717) is 5.92 Å². The standard InChI is InChI=1S/C20H17N5/c1-13-10-17(8-9-21-13)25-20(23-19(24-25)14-6-7-14)16-11-15-4-2-3-5-18(15)22-12-16/h2-5,8-12,14H,6-7H2,1H3. The lowest BCUT2D eigenvalue weighted by atomic mass is 10.1. The molecular formula is C20H17N5. The molecule has 1 fully saturated rings. The summed E-state index contributed by atoms with van der Waals surface area (Å²) in [5, 5.41) is 5.90. The van der Waals surface area contributed by atoms with Crippen molar-refractivity contribution in [1.82, 2.24) is 24.7 Å². The number of pyridine rings is 2. The first-order valence-electron chi connectivity index (χ1n) is 8.53. The Balaban J connectivity index is 1.70. The average molecular weight is 327 g/mol. The van der Waals surface area contributed by atoms with E-state index in [2.05, 4.69) is 22.1 Å². The third kappa shape index (κ3) is 2.58. The number of aromatic nitrogens is 5. The predicted molar refractivity (Wildman–Crippen MR) is 96.6 cm³/mol. The van der Waals surface area contributed by atoms with Crippen LogP contribution in [-0.4, -0.2) is 24.7 Å². The van der Waals surface area contributed by atoms with E-state index in [0.717, 1.165) is 39.5 Å². The highest BCUT2D eigenvalue weighted by Crippen LogP contribution is 2.39. The Morgan fingerprint density at radius 3 is 2.76 bits per heavy atom. The highest BCUT2D eigenvalue weighted by Gasteiger charge is 2.29. The van der Waals surface area contributed by atoms with E-state index in [4.69, 9.17) is 10.1 Å². The van der Waals surface area contributed by atoms with Crippen molar-refractivity contribution in [2.75, 3.05) is 0 Å². The quantitative estimate of drug-likeness (QED) is 0.569. The molecular weight excluding hydrogens is 310 g/mol. The van der Waals surface area contributed by atoms with Gasteiger partial charge in [-0.1, -0.05) is 18.2 Å². The second-order valence-electron chi connectivity index (χ2n) is 6.55. The summed E-state index contributed by atoms with van der Waals surface area (Å²) in [5.41, 5.74) is 3.91. The van der Waals surface area contributed by atoms with Crippen LogP contribution in [0, 0.1) is 6.92 Å². The van der Waals surface area contributed by atoms with Gasteiger partial charge < -0.3 is 0 Å². The van der Waals surface area contributed by atoms with Crippen LogP contribution in [0.2, 0.25) is 0 Å². The zero-order valence-corrected chi connectivity index (χ0v) is 13.9. The SMILES string of the molecule is Cc1cc(-n2nc(C3CC3)nc2-c2cnc3ccccc3c2)ccn1.